The summed E-state index contributed by atoms with van der Waals surface area (Å²) in [5.74, 6) is -1.19. The highest BCUT2D eigenvalue weighted by Crippen LogP contribution is 2.23. The smallest absolute Gasteiger partial charge is 0.321 e. The van der Waals surface area contributed by atoms with Crippen LogP contribution in [0, 0.1) is 0 Å². The maximum absolute atomic E-state index is 12.6. The van der Waals surface area contributed by atoms with Crippen LogP contribution in [0.3, 0.4) is 0 Å². The number of carbonyl (C=O) groups excluding carboxylic acids is 2. The predicted molar refractivity (Wildman–Crippen MR) is 97.2 cm³/mol. The van der Waals surface area contributed by atoms with Crippen molar-refractivity contribution < 1.29 is 19.5 Å². The van der Waals surface area contributed by atoms with Crippen molar-refractivity contribution >= 4 is 35.2 Å². The number of carboxylic acids is 1. The maximum atomic E-state index is 12.6. The molecule has 1 aromatic rings. The number of amides is 3. The van der Waals surface area contributed by atoms with Crippen molar-refractivity contribution in [3.8, 4) is 0 Å². The van der Waals surface area contributed by atoms with Gasteiger partial charge in [0.15, 0.2) is 0 Å². The predicted octanol–water partition coefficient (Wildman–Crippen LogP) is 3.15. The van der Waals surface area contributed by atoms with Crippen LogP contribution in [0.4, 0.5) is 10.5 Å². The van der Waals surface area contributed by atoms with E-state index in [4.69, 9.17) is 16.7 Å². The number of hydrogen-bond donors (Lipinski definition) is 2. The molecule has 1 rings (SSSR count). The molecule has 0 saturated heterocycles. The molecule has 0 aliphatic heterocycles. The van der Waals surface area contributed by atoms with Gasteiger partial charge in [0.1, 0.15) is 0 Å². The molecule has 0 saturated carbocycles. The summed E-state index contributed by atoms with van der Waals surface area (Å²) in [5, 5.41) is 11.6. The van der Waals surface area contributed by atoms with E-state index in [1.165, 1.54) is 18.0 Å². The Hall–Kier alpha value is -2.28. The standard InChI is InChI=1S/C17H24ClN3O4/c1-5-21(11(2)3)16(24)13-10-12(6-7-14(13)18)19-17(25)20(4)9-8-15(22)23/h6-7,10-11H,5,8-9H2,1-4H3,(H,19,25)(H,22,23). The Morgan fingerprint density at radius 2 is 1.92 bits per heavy atom. The van der Waals surface area contributed by atoms with Crippen molar-refractivity contribution in [1.29, 1.82) is 0 Å². The third-order valence-corrected chi connectivity index (χ3v) is 4.01. The number of aliphatic carboxylic acids is 1. The van der Waals surface area contributed by atoms with Crippen molar-refractivity contribution in [2.75, 3.05) is 25.5 Å². The van der Waals surface area contributed by atoms with E-state index >= 15 is 0 Å². The Kier molecular flexibility index (Phi) is 7.70. The van der Waals surface area contributed by atoms with Crippen LogP contribution >= 0.6 is 11.6 Å². The van der Waals surface area contributed by atoms with Gasteiger partial charge in [-0.25, -0.2) is 4.79 Å². The fraction of sp³-hybridized carbons (Fsp3) is 0.471. The number of urea groups is 1. The Morgan fingerprint density at radius 1 is 1.28 bits per heavy atom. The van der Waals surface area contributed by atoms with Crippen LogP contribution in [-0.2, 0) is 4.79 Å². The third kappa shape index (κ3) is 5.94. The van der Waals surface area contributed by atoms with Gasteiger partial charge in [0.05, 0.1) is 17.0 Å². The van der Waals surface area contributed by atoms with E-state index in [0.717, 1.165) is 0 Å². The molecule has 0 atom stereocenters. The van der Waals surface area contributed by atoms with Gasteiger partial charge in [-0.3, -0.25) is 9.59 Å². The molecule has 3 amide bonds. The minimum Gasteiger partial charge on any atom is -0.481 e. The highest BCUT2D eigenvalue weighted by atomic mass is 35.5. The van der Waals surface area contributed by atoms with E-state index in [0.29, 0.717) is 22.8 Å². The number of nitrogens with zero attached hydrogens (tertiary/aromatic N) is 2. The van der Waals surface area contributed by atoms with E-state index in [1.807, 2.05) is 20.8 Å². The van der Waals surface area contributed by atoms with Gasteiger partial charge in [0.2, 0.25) is 0 Å². The largest absolute Gasteiger partial charge is 0.481 e. The first-order valence-electron chi connectivity index (χ1n) is 8.01. The van der Waals surface area contributed by atoms with Crippen molar-refractivity contribution in [3.05, 3.63) is 28.8 Å². The van der Waals surface area contributed by atoms with Crippen LogP contribution in [0.1, 0.15) is 37.6 Å². The van der Waals surface area contributed by atoms with Crippen molar-refractivity contribution in [3.63, 3.8) is 0 Å². The van der Waals surface area contributed by atoms with Crippen LogP contribution in [0.2, 0.25) is 5.02 Å². The second-order valence-corrected chi connectivity index (χ2v) is 6.28. The second kappa shape index (κ2) is 9.27. The molecule has 0 aromatic heterocycles. The van der Waals surface area contributed by atoms with Gasteiger partial charge < -0.3 is 20.2 Å². The number of carboxylic acid groups (broad SMARTS) is 1. The molecule has 0 radical (unpaired) electrons. The van der Waals surface area contributed by atoms with Gasteiger partial charge in [-0.2, -0.15) is 0 Å². The zero-order valence-corrected chi connectivity index (χ0v) is 15.6. The number of carbonyl (C=O) groups is 3. The number of rotatable bonds is 7. The summed E-state index contributed by atoms with van der Waals surface area (Å²) in [6, 6.07) is 4.23. The lowest BCUT2D eigenvalue weighted by molar-refractivity contribution is -0.137. The highest BCUT2D eigenvalue weighted by molar-refractivity contribution is 6.34. The van der Waals surface area contributed by atoms with E-state index in [9.17, 15) is 14.4 Å². The number of halogens is 1. The van der Waals surface area contributed by atoms with Gasteiger partial charge >= 0.3 is 12.0 Å². The summed E-state index contributed by atoms with van der Waals surface area (Å²) >= 11 is 6.14. The van der Waals surface area contributed by atoms with E-state index in [2.05, 4.69) is 5.32 Å². The SMILES string of the molecule is CCN(C(=O)c1cc(NC(=O)N(C)CCC(=O)O)ccc1Cl)C(C)C. The van der Waals surface area contributed by atoms with Gasteiger partial charge in [0, 0.05) is 31.9 Å². The molecule has 0 aliphatic carbocycles. The average molecular weight is 370 g/mol. The lowest BCUT2D eigenvalue weighted by Crippen LogP contribution is -2.37. The maximum Gasteiger partial charge on any atom is 0.321 e. The number of hydrogen-bond acceptors (Lipinski definition) is 3. The van der Waals surface area contributed by atoms with Gasteiger partial charge in [-0.15, -0.1) is 0 Å². The zero-order chi connectivity index (χ0) is 19.1. The fourth-order valence-electron chi connectivity index (χ4n) is 2.25. The zero-order valence-electron chi connectivity index (χ0n) is 14.9. The molecule has 0 bridgehead atoms. The molecule has 0 heterocycles. The summed E-state index contributed by atoms with van der Waals surface area (Å²) in [6.45, 7) is 6.34. The Labute approximate surface area is 152 Å². The number of anilines is 1. The van der Waals surface area contributed by atoms with E-state index in [-0.39, 0.29) is 24.9 Å². The molecular weight excluding hydrogens is 346 g/mol. The quantitative estimate of drug-likeness (QED) is 0.772. The minimum absolute atomic E-state index is 0.0222. The summed E-state index contributed by atoms with van der Waals surface area (Å²) in [5.41, 5.74) is 0.725. The lowest BCUT2D eigenvalue weighted by atomic mass is 10.1. The summed E-state index contributed by atoms with van der Waals surface area (Å²) < 4.78 is 0. The summed E-state index contributed by atoms with van der Waals surface area (Å²) in [4.78, 5) is 38.2. The Balaban J connectivity index is 2.92. The fourth-order valence-corrected chi connectivity index (χ4v) is 2.45. The minimum atomic E-state index is -0.979. The molecule has 7 nitrogen and oxygen atoms in total. The van der Waals surface area contributed by atoms with Crippen molar-refractivity contribution in [1.82, 2.24) is 9.80 Å². The Morgan fingerprint density at radius 3 is 2.44 bits per heavy atom. The molecular formula is C17H24ClN3O4. The van der Waals surface area contributed by atoms with E-state index < -0.39 is 12.0 Å². The molecule has 1 aromatic carbocycles. The first-order chi connectivity index (χ1) is 11.7. The highest BCUT2D eigenvalue weighted by Gasteiger charge is 2.20. The van der Waals surface area contributed by atoms with Crippen molar-refractivity contribution in [2.45, 2.75) is 33.2 Å². The van der Waals surface area contributed by atoms with Gasteiger partial charge in [-0.05, 0) is 39.0 Å². The molecule has 0 aliphatic rings. The van der Waals surface area contributed by atoms with Crippen LogP contribution in [-0.4, -0.2) is 59.0 Å². The average Bonchev–Trinajstić information content (AvgIpc) is 2.54. The van der Waals surface area contributed by atoms with E-state index in [1.54, 1.807) is 17.0 Å². The third-order valence-electron chi connectivity index (χ3n) is 3.68. The van der Waals surface area contributed by atoms with Crippen LogP contribution < -0.4 is 5.32 Å². The summed E-state index contributed by atoms with van der Waals surface area (Å²) in [7, 11) is 1.50. The van der Waals surface area contributed by atoms with Crippen LogP contribution in [0.15, 0.2) is 18.2 Å². The molecule has 0 fully saturated rings. The monoisotopic (exact) mass is 369 g/mol. The molecule has 2 N–H and O–H groups in total. The van der Waals surface area contributed by atoms with Crippen molar-refractivity contribution in [2.24, 2.45) is 0 Å². The number of benzene rings is 1. The summed E-state index contributed by atoms with van der Waals surface area (Å²) in [6.07, 6.45) is -0.145. The molecule has 138 valence electrons. The van der Waals surface area contributed by atoms with Gasteiger partial charge in [-0.1, -0.05) is 11.6 Å². The molecule has 0 spiro atoms. The van der Waals surface area contributed by atoms with Crippen LogP contribution in [0.5, 0.6) is 0 Å². The topological polar surface area (TPSA) is 90.0 Å². The normalized spacial score (nSPS) is 10.5. The first kappa shape index (κ1) is 20.8. The first-order valence-corrected chi connectivity index (χ1v) is 8.39. The second-order valence-electron chi connectivity index (χ2n) is 5.87. The Bertz CT molecular complexity index is 649. The molecule has 0 unspecified atom stereocenters. The van der Waals surface area contributed by atoms with Crippen LogP contribution in [0.25, 0.3) is 0 Å². The molecule has 8 heteroatoms. The molecule has 25 heavy (non-hydrogen) atoms. The number of nitrogens with one attached hydrogen (secondary N) is 1. The van der Waals surface area contributed by atoms with Gasteiger partial charge in [0.25, 0.3) is 5.91 Å². The lowest BCUT2D eigenvalue weighted by Gasteiger charge is -2.26.